The highest BCUT2D eigenvalue weighted by Gasteiger charge is 2.30. The Kier molecular flexibility index (Phi) is 6.90. The Labute approximate surface area is 158 Å². The molecule has 0 saturated carbocycles. The average molecular weight is 392 g/mol. The minimum Gasteiger partial charge on any atom is -0.384 e. The van der Waals surface area contributed by atoms with Crippen molar-refractivity contribution in [1.29, 1.82) is 10.8 Å². The Balaban J connectivity index is 2.21. The molecule has 0 bridgehead atoms. The van der Waals surface area contributed by atoms with E-state index in [4.69, 9.17) is 26.8 Å². The second-order valence-corrected chi connectivity index (χ2v) is 8.01. The molecule has 0 saturated heterocycles. The minimum atomic E-state index is -3.59. The first-order valence-corrected chi connectivity index (χ1v) is 10.3. The smallest absolute Gasteiger partial charge is 0.331 e. The molecular formula is C17H25N6O3P. The molecule has 0 amide bonds. The van der Waals surface area contributed by atoms with Gasteiger partial charge in [0.05, 0.1) is 18.5 Å². The van der Waals surface area contributed by atoms with Crippen molar-refractivity contribution in [2.75, 3.05) is 12.8 Å². The third kappa shape index (κ3) is 5.50. The zero-order chi connectivity index (χ0) is 20.0. The SMILES string of the molecule is CCOP(=O)(O)C/C=C/CC1Cc2c(C(=N)N)cccc2/C1=N/NC(=N)N. The summed E-state index contributed by atoms with van der Waals surface area (Å²) in [6, 6.07) is 5.49. The molecule has 10 heteroatoms. The van der Waals surface area contributed by atoms with Crippen LogP contribution in [0, 0.1) is 16.7 Å². The van der Waals surface area contributed by atoms with Crippen molar-refractivity contribution in [3.05, 3.63) is 47.0 Å². The lowest BCUT2D eigenvalue weighted by molar-refractivity contribution is 0.276. The molecule has 1 aromatic carbocycles. The number of allylic oxidation sites excluding steroid dienone is 2. The van der Waals surface area contributed by atoms with Gasteiger partial charge in [-0.25, -0.2) is 5.43 Å². The van der Waals surface area contributed by atoms with Crippen LogP contribution < -0.4 is 16.9 Å². The number of guanidine groups is 1. The fourth-order valence-electron chi connectivity index (χ4n) is 3.05. The second kappa shape index (κ2) is 8.94. The lowest BCUT2D eigenvalue weighted by atomic mass is 9.99. The Morgan fingerprint density at radius 2 is 2.19 bits per heavy atom. The number of nitrogens with zero attached hydrogens (tertiary/aromatic N) is 1. The quantitative estimate of drug-likeness (QED) is 0.129. The van der Waals surface area contributed by atoms with E-state index in [9.17, 15) is 9.46 Å². The van der Waals surface area contributed by atoms with Crippen LogP contribution in [0.5, 0.6) is 0 Å². The summed E-state index contributed by atoms with van der Waals surface area (Å²) < 4.78 is 16.6. The van der Waals surface area contributed by atoms with E-state index >= 15 is 0 Å². The fraction of sp³-hybridized carbons (Fsp3) is 0.353. The number of rotatable bonds is 8. The van der Waals surface area contributed by atoms with Crippen molar-refractivity contribution in [3.8, 4) is 0 Å². The van der Waals surface area contributed by atoms with Gasteiger partial charge in [0.1, 0.15) is 5.84 Å². The second-order valence-electron chi connectivity index (χ2n) is 6.11. The third-order valence-corrected chi connectivity index (χ3v) is 5.46. The number of nitrogens with one attached hydrogen (secondary N) is 3. The standard InChI is InChI=1S/C17H25N6O3P/c1-2-26-27(24,25)9-4-3-6-11-10-14-12(15(11)22-23-17(20)21)7-5-8-13(14)16(18)19/h3-5,7-8,11H,2,6,9-10H2,1H3,(H3,18,19)(H,24,25)(H4,20,21,23)/b4-3+,22-15+. The van der Waals surface area contributed by atoms with E-state index < -0.39 is 7.60 Å². The van der Waals surface area contributed by atoms with Gasteiger partial charge in [-0.1, -0.05) is 30.4 Å². The number of hydrazone groups is 1. The van der Waals surface area contributed by atoms with E-state index in [1.807, 2.05) is 12.1 Å². The minimum absolute atomic E-state index is 0.0140. The van der Waals surface area contributed by atoms with E-state index in [2.05, 4.69) is 10.5 Å². The molecule has 9 nitrogen and oxygen atoms in total. The van der Waals surface area contributed by atoms with E-state index in [-0.39, 0.29) is 30.5 Å². The first-order chi connectivity index (χ1) is 12.7. The number of nitrogens with two attached hydrogens (primary N) is 2. The summed E-state index contributed by atoms with van der Waals surface area (Å²) in [5, 5.41) is 19.3. The van der Waals surface area contributed by atoms with Gasteiger partial charge >= 0.3 is 7.60 Å². The molecule has 0 heterocycles. The molecule has 2 atom stereocenters. The first kappa shape index (κ1) is 20.8. The predicted molar refractivity (Wildman–Crippen MR) is 106 cm³/mol. The van der Waals surface area contributed by atoms with Gasteiger partial charge in [-0.05, 0) is 25.3 Å². The number of nitrogen functional groups attached to an aromatic ring is 1. The fourth-order valence-corrected chi connectivity index (χ4v) is 3.98. The summed E-state index contributed by atoms with van der Waals surface area (Å²) in [6.07, 6.45) is 4.57. The Morgan fingerprint density at radius 1 is 1.44 bits per heavy atom. The summed E-state index contributed by atoms with van der Waals surface area (Å²) in [5.41, 5.74) is 16.7. The Morgan fingerprint density at radius 3 is 2.81 bits per heavy atom. The van der Waals surface area contributed by atoms with Crippen LogP contribution in [0.1, 0.15) is 30.0 Å². The molecule has 27 heavy (non-hydrogen) atoms. The molecule has 2 rings (SSSR count). The molecular weight excluding hydrogens is 367 g/mol. The van der Waals surface area contributed by atoms with Crippen molar-refractivity contribution < 1.29 is 14.0 Å². The maximum absolute atomic E-state index is 11.7. The molecule has 0 fully saturated rings. The molecule has 2 unspecified atom stereocenters. The normalized spacial score (nSPS) is 19.8. The lowest BCUT2D eigenvalue weighted by Crippen LogP contribution is -2.27. The molecule has 1 aliphatic carbocycles. The highest BCUT2D eigenvalue weighted by atomic mass is 31.2. The number of fused-ring (bicyclic) bond motifs is 1. The maximum atomic E-state index is 11.7. The predicted octanol–water partition coefficient (Wildman–Crippen LogP) is 1.50. The van der Waals surface area contributed by atoms with Crippen LogP contribution in [0.3, 0.4) is 0 Å². The topological polar surface area (TPSA) is 171 Å². The van der Waals surface area contributed by atoms with Crippen molar-refractivity contribution in [2.45, 2.75) is 19.8 Å². The molecule has 0 aliphatic heterocycles. The number of benzene rings is 1. The van der Waals surface area contributed by atoms with Crippen LogP contribution >= 0.6 is 7.60 Å². The summed E-state index contributed by atoms with van der Waals surface area (Å²) in [4.78, 5) is 9.62. The van der Waals surface area contributed by atoms with Crippen molar-refractivity contribution in [3.63, 3.8) is 0 Å². The molecule has 0 radical (unpaired) electrons. The van der Waals surface area contributed by atoms with Gasteiger partial charge in [0.25, 0.3) is 0 Å². The van der Waals surface area contributed by atoms with E-state index in [1.54, 1.807) is 25.1 Å². The highest BCUT2D eigenvalue weighted by molar-refractivity contribution is 7.53. The van der Waals surface area contributed by atoms with Crippen LogP contribution in [-0.4, -0.2) is 35.2 Å². The van der Waals surface area contributed by atoms with E-state index in [0.717, 1.165) is 11.1 Å². The average Bonchev–Trinajstić information content (AvgIpc) is 2.94. The maximum Gasteiger partial charge on any atom is 0.331 e. The molecule has 0 aromatic heterocycles. The van der Waals surface area contributed by atoms with Crippen molar-refractivity contribution in [1.82, 2.24) is 5.43 Å². The number of hydrogen-bond acceptors (Lipinski definition) is 5. The van der Waals surface area contributed by atoms with Crippen molar-refractivity contribution in [2.24, 2.45) is 22.5 Å². The third-order valence-electron chi connectivity index (χ3n) is 4.13. The zero-order valence-corrected chi connectivity index (χ0v) is 16.0. The molecule has 1 aromatic rings. The van der Waals surface area contributed by atoms with Crippen LogP contribution in [0.25, 0.3) is 0 Å². The molecule has 8 N–H and O–H groups in total. The van der Waals surface area contributed by atoms with Gasteiger partial charge in [-0.2, -0.15) is 5.10 Å². The van der Waals surface area contributed by atoms with Gasteiger partial charge in [-0.3, -0.25) is 15.4 Å². The Bertz CT molecular complexity index is 836. The summed E-state index contributed by atoms with van der Waals surface area (Å²) in [6.45, 7) is 1.85. The van der Waals surface area contributed by atoms with E-state index in [1.165, 1.54) is 0 Å². The number of hydrogen-bond donors (Lipinski definition) is 6. The first-order valence-electron chi connectivity index (χ1n) is 8.50. The van der Waals surface area contributed by atoms with Crippen LogP contribution in [0.15, 0.2) is 35.5 Å². The zero-order valence-electron chi connectivity index (χ0n) is 15.1. The molecule has 146 valence electrons. The van der Waals surface area contributed by atoms with E-state index in [0.29, 0.717) is 24.1 Å². The highest BCUT2D eigenvalue weighted by Crippen LogP contribution is 2.41. The monoisotopic (exact) mass is 392 g/mol. The van der Waals surface area contributed by atoms with Gasteiger partial charge in [0.2, 0.25) is 5.96 Å². The summed E-state index contributed by atoms with van der Waals surface area (Å²) in [5.74, 6) is -0.320. The largest absolute Gasteiger partial charge is 0.384 e. The summed E-state index contributed by atoms with van der Waals surface area (Å²) in [7, 11) is -3.59. The van der Waals surface area contributed by atoms with Gasteiger partial charge in [0.15, 0.2) is 0 Å². The lowest BCUT2D eigenvalue weighted by Gasteiger charge is -2.10. The Hall–Kier alpha value is -2.48. The van der Waals surface area contributed by atoms with Crippen molar-refractivity contribution >= 4 is 25.1 Å². The number of amidine groups is 1. The molecule has 1 aliphatic rings. The van der Waals surface area contributed by atoms with Gasteiger partial charge < -0.3 is 20.9 Å². The van der Waals surface area contributed by atoms with Crippen LogP contribution in [0.2, 0.25) is 0 Å². The van der Waals surface area contributed by atoms with Gasteiger partial charge in [0, 0.05) is 17.0 Å². The molecule has 0 spiro atoms. The summed E-state index contributed by atoms with van der Waals surface area (Å²) >= 11 is 0. The van der Waals surface area contributed by atoms with Crippen LogP contribution in [0.4, 0.5) is 0 Å². The van der Waals surface area contributed by atoms with Gasteiger partial charge in [-0.15, -0.1) is 0 Å². The van der Waals surface area contributed by atoms with Crippen LogP contribution in [-0.2, 0) is 15.5 Å².